The molecule has 6 nitrogen and oxygen atoms in total. The van der Waals surface area contributed by atoms with Crippen molar-refractivity contribution < 1.29 is 8.83 Å². The first-order valence-electron chi connectivity index (χ1n) is 14.4. The Labute approximate surface area is 251 Å². The summed E-state index contributed by atoms with van der Waals surface area (Å²) in [6.07, 6.45) is 0. The van der Waals surface area contributed by atoms with Gasteiger partial charge in [-0.15, -0.1) is 0 Å². The Kier molecular flexibility index (Phi) is 5.40. The van der Waals surface area contributed by atoms with Gasteiger partial charge in [-0.25, -0.2) is 19.9 Å². The minimum Gasteiger partial charge on any atom is -0.452 e. The first-order chi connectivity index (χ1) is 21.8. The van der Waals surface area contributed by atoms with E-state index in [1.807, 2.05) is 133 Å². The van der Waals surface area contributed by atoms with E-state index in [0.29, 0.717) is 22.8 Å². The van der Waals surface area contributed by atoms with Crippen LogP contribution in [0.5, 0.6) is 0 Å². The molecule has 0 amide bonds. The zero-order chi connectivity index (χ0) is 29.0. The van der Waals surface area contributed by atoms with Gasteiger partial charge in [-0.1, -0.05) is 109 Å². The molecular weight excluding hydrogens is 544 g/mol. The monoisotopic (exact) mass is 566 g/mol. The van der Waals surface area contributed by atoms with Crippen molar-refractivity contribution in [1.29, 1.82) is 0 Å². The summed E-state index contributed by atoms with van der Waals surface area (Å²) in [4.78, 5) is 20.0. The Morgan fingerprint density at radius 3 is 1.25 bits per heavy atom. The van der Waals surface area contributed by atoms with Crippen molar-refractivity contribution in [3.05, 3.63) is 133 Å². The summed E-state index contributed by atoms with van der Waals surface area (Å²) in [6, 6.07) is 44.2. The van der Waals surface area contributed by atoms with Crippen LogP contribution in [0.4, 0.5) is 0 Å². The van der Waals surface area contributed by atoms with Crippen LogP contribution in [-0.4, -0.2) is 19.9 Å². The molecule has 5 aromatic carbocycles. The molecule has 0 atom stereocenters. The van der Waals surface area contributed by atoms with Gasteiger partial charge in [0, 0.05) is 33.0 Å². The molecule has 0 fully saturated rings. The van der Waals surface area contributed by atoms with E-state index < -0.39 is 0 Å². The maximum atomic E-state index is 6.33. The molecule has 9 aromatic rings. The van der Waals surface area contributed by atoms with Gasteiger partial charge in [0.1, 0.15) is 33.6 Å². The molecule has 0 aliphatic heterocycles. The summed E-state index contributed by atoms with van der Waals surface area (Å²) in [5.41, 5.74) is 9.70. The van der Waals surface area contributed by atoms with Crippen molar-refractivity contribution in [2.24, 2.45) is 0 Å². The van der Waals surface area contributed by atoms with Crippen molar-refractivity contribution in [3.8, 4) is 45.3 Å². The average molecular weight is 567 g/mol. The summed E-state index contributed by atoms with van der Waals surface area (Å²) >= 11 is 0. The van der Waals surface area contributed by atoms with Gasteiger partial charge in [0.25, 0.3) is 0 Å². The predicted octanol–water partition coefficient (Wildman–Crippen LogP) is 9.73. The molecule has 0 radical (unpaired) electrons. The summed E-state index contributed by atoms with van der Waals surface area (Å²) in [5, 5.41) is 1.92. The lowest BCUT2D eigenvalue weighted by Gasteiger charge is -2.08. The number of fused-ring (bicyclic) bond motifs is 6. The van der Waals surface area contributed by atoms with Crippen molar-refractivity contribution in [1.82, 2.24) is 19.9 Å². The van der Waals surface area contributed by atoms with Crippen LogP contribution in [0.1, 0.15) is 0 Å². The Morgan fingerprint density at radius 1 is 0.341 bits per heavy atom. The Morgan fingerprint density at radius 2 is 0.727 bits per heavy atom. The number of aromatic nitrogens is 4. The Hall–Kier alpha value is -6.14. The van der Waals surface area contributed by atoms with Crippen LogP contribution in [0.3, 0.4) is 0 Å². The van der Waals surface area contributed by atoms with E-state index in [2.05, 4.69) is 0 Å². The van der Waals surface area contributed by atoms with Crippen LogP contribution >= 0.6 is 0 Å². The summed E-state index contributed by atoms with van der Waals surface area (Å²) in [5.74, 6) is 1.27. The summed E-state index contributed by atoms with van der Waals surface area (Å²) in [6.45, 7) is 0. The first kappa shape index (κ1) is 24.5. The second-order valence-electron chi connectivity index (χ2n) is 10.7. The van der Waals surface area contributed by atoms with Gasteiger partial charge in [0.05, 0.1) is 0 Å². The highest BCUT2D eigenvalue weighted by Gasteiger charge is 2.20. The van der Waals surface area contributed by atoms with Gasteiger partial charge in [-0.2, -0.15) is 0 Å². The molecule has 9 rings (SSSR count). The third-order valence-corrected chi connectivity index (χ3v) is 7.94. The number of nitrogens with zero attached hydrogens (tertiary/aromatic N) is 4. The van der Waals surface area contributed by atoms with Gasteiger partial charge < -0.3 is 8.83 Å². The normalized spacial score (nSPS) is 11.6. The first-order valence-corrected chi connectivity index (χ1v) is 14.4. The van der Waals surface area contributed by atoms with E-state index in [9.17, 15) is 0 Å². The van der Waals surface area contributed by atoms with Crippen LogP contribution < -0.4 is 0 Å². The van der Waals surface area contributed by atoms with Crippen LogP contribution in [0.25, 0.3) is 89.4 Å². The van der Waals surface area contributed by atoms with Gasteiger partial charge in [-0.05, 0) is 24.3 Å². The van der Waals surface area contributed by atoms with Crippen LogP contribution in [0.15, 0.2) is 142 Å². The third-order valence-electron chi connectivity index (χ3n) is 7.94. The second-order valence-corrected chi connectivity index (χ2v) is 10.7. The molecule has 206 valence electrons. The molecule has 0 spiro atoms. The smallest absolute Gasteiger partial charge is 0.180 e. The Balaban J connectivity index is 1.22. The molecule has 0 N–H and O–H groups in total. The molecule has 0 saturated heterocycles. The van der Waals surface area contributed by atoms with Crippen molar-refractivity contribution >= 4 is 44.1 Å². The molecule has 0 aliphatic carbocycles. The van der Waals surface area contributed by atoms with Gasteiger partial charge in [0.15, 0.2) is 22.8 Å². The highest BCUT2D eigenvalue weighted by molar-refractivity contribution is 6.08. The quantitative estimate of drug-likeness (QED) is 0.211. The largest absolute Gasteiger partial charge is 0.452 e. The maximum absolute atomic E-state index is 6.33. The van der Waals surface area contributed by atoms with Crippen molar-refractivity contribution in [3.63, 3.8) is 0 Å². The molecule has 0 aliphatic rings. The lowest BCUT2D eigenvalue weighted by Crippen LogP contribution is -1.95. The lowest BCUT2D eigenvalue weighted by molar-refractivity contribution is 0.667. The molecular formula is C38H22N4O2. The minimum atomic E-state index is 0.621. The number of rotatable bonds is 4. The molecule has 0 bridgehead atoms. The van der Waals surface area contributed by atoms with Crippen LogP contribution in [-0.2, 0) is 0 Å². The van der Waals surface area contributed by atoms with E-state index in [4.69, 9.17) is 28.8 Å². The topological polar surface area (TPSA) is 77.8 Å². The average Bonchev–Trinajstić information content (AvgIpc) is 3.67. The second kappa shape index (κ2) is 9.71. The fourth-order valence-corrected chi connectivity index (χ4v) is 5.79. The number of para-hydroxylation sites is 2. The molecule has 6 heteroatoms. The molecule has 0 unspecified atom stereocenters. The number of hydrogen-bond donors (Lipinski definition) is 0. The van der Waals surface area contributed by atoms with Crippen LogP contribution in [0, 0.1) is 0 Å². The number of furan rings is 2. The van der Waals surface area contributed by atoms with E-state index in [0.717, 1.165) is 66.6 Å². The van der Waals surface area contributed by atoms with Gasteiger partial charge >= 0.3 is 0 Å². The zero-order valence-corrected chi connectivity index (χ0v) is 23.3. The van der Waals surface area contributed by atoms with E-state index in [-0.39, 0.29) is 0 Å². The van der Waals surface area contributed by atoms with Crippen LogP contribution in [0.2, 0.25) is 0 Å². The van der Waals surface area contributed by atoms with Gasteiger partial charge in [-0.3, -0.25) is 0 Å². The summed E-state index contributed by atoms with van der Waals surface area (Å²) < 4.78 is 12.6. The maximum Gasteiger partial charge on any atom is 0.180 e. The molecule has 4 heterocycles. The van der Waals surface area contributed by atoms with Crippen molar-refractivity contribution in [2.75, 3.05) is 0 Å². The third kappa shape index (κ3) is 3.89. The fraction of sp³-hybridized carbons (Fsp3) is 0. The fourth-order valence-electron chi connectivity index (χ4n) is 5.79. The van der Waals surface area contributed by atoms with Gasteiger partial charge in [0.2, 0.25) is 0 Å². The molecule has 4 aromatic heterocycles. The van der Waals surface area contributed by atoms with E-state index in [1.165, 1.54) is 0 Å². The number of benzene rings is 5. The Bertz CT molecular complexity index is 2480. The highest BCUT2D eigenvalue weighted by atomic mass is 16.3. The number of hydrogen-bond acceptors (Lipinski definition) is 6. The molecule has 44 heavy (non-hydrogen) atoms. The predicted molar refractivity (Wildman–Crippen MR) is 174 cm³/mol. The van der Waals surface area contributed by atoms with Crippen molar-refractivity contribution in [2.45, 2.75) is 0 Å². The minimum absolute atomic E-state index is 0.621. The van der Waals surface area contributed by atoms with E-state index in [1.54, 1.807) is 0 Å². The SMILES string of the molecule is c1ccc(-c2nc(-c3ccc(-c4nc(-c5ccccc5)c5oc6ccccc6c5n4)cc3)c3oc4ccccc4c3n2)cc1. The highest BCUT2D eigenvalue weighted by Crippen LogP contribution is 2.38. The summed E-state index contributed by atoms with van der Waals surface area (Å²) in [7, 11) is 0. The molecule has 0 saturated carbocycles. The lowest BCUT2D eigenvalue weighted by atomic mass is 10.1. The zero-order valence-electron chi connectivity index (χ0n) is 23.3. The standard InChI is InChI=1S/C38H22N4O2/c1-3-11-23(12-4-1)31-35-33(27-15-7-9-17-29(27)43-35)42-38(39-31)26-21-19-24(20-22-26)32-36-34(28-16-8-10-18-30(28)44-36)41-37(40-32)25-13-5-2-6-14-25/h1-22H. The van der Waals surface area contributed by atoms with E-state index >= 15 is 0 Å².